The maximum absolute atomic E-state index is 13.4. The lowest BCUT2D eigenvalue weighted by Crippen LogP contribution is -2.45. The Morgan fingerprint density at radius 2 is 1.77 bits per heavy atom. The van der Waals surface area contributed by atoms with E-state index in [2.05, 4.69) is 15.6 Å². The maximum atomic E-state index is 13.4. The van der Waals surface area contributed by atoms with Crippen LogP contribution in [0.25, 0.3) is 10.9 Å². The summed E-state index contributed by atoms with van der Waals surface area (Å²) in [5.74, 6) is -1.09. The van der Waals surface area contributed by atoms with E-state index in [9.17, 15) is 24.0 Å². The van der Waals surface area contributed by atoms with Gasteiger partial charge in [0.1, 0.15) is 17.4 Å². The van der Waals surface area contributed by atoms with Gasteiger partial charge in [-0.1, -0.05) is 35.9 Å². The van der Waals surface area contributed by atoms with E-state index >= 15 is 0 Å². The van der Waals surface area contributed by atoms with Crippen LogP contribution in [0.2, 0.25) is 0 Å². The lowest BCUT2D eigenvalue weighted by Gasteiger charge is -2.24. The fourth-order valence-electron chi connectivity index (χ4n) is 4.90. The van der Waals surface area contributed by atoms with Crippen molar-refractivity contribution in [1.29, 1.82) is 0 Å². The Morgan fingerprint density at radius 1 is 1.03 bits per heavy atom. The van der Waals surface area contributed by atoms with Crippen LogP contribution in [0.5, 0.6) is 0 Å². The quantitative estimate of drug-likeness (QED) is 0.294. The van der Waals surface area contributed by atoms with Gasteiger partial charge in [-0.15, -0.1) is 0 Å². The number of para-hydroxylation sites is 1. The van der Waals surface area contributed by atoms with Crippen molar-refractivity contribution < 1.29 is 19.2 Å². The first-order chi connectivity index (χ1) is 18.6. The van der Waals surface area contributed by atoms with Crippen LogP contribution in [0.4, 0.5) is 5.69 Å². The molecule has 1 aliphatic rings. The number of aryl methyl sites for hydroxylation is 2. The molecular weight excluding hydrogens is 498 g/mol. The molecule has 1 fully saturated rings. The fraction of sp³-hybridized carbons (Fsp3) is 0.241. The van der Waals surface area contributed by atoms with Gasteiger partial charge in [0, 0.05) is 24.7 Å². The second kappa shape index (κ2) is 10.1. The predicted octanol–water partition coefficient (Wildman–Crippen LogP) is 2.74. The van der Waals surface area contributed by atoms with Crippen molar-refractivity contribution in [1.82, 2.24) is 19.4 Å². The zero-order valence-corrected chi connectivity index (χ0v) is 21.8. The predicted molar refractivity (Wildman–Crippen MR) is 145 cm³/mol. The minimum atomic E-state index is -0.834. The molecule has 198 valence electrons. The molecule has 10 heteroatoms. The fourth-order valence-corrected chi connectivity index (χ4v) is 4.90. The number of imide groups is 1. The molecule has 0 bridgehead atoms. The van der Waals surface area contributed by atoms with Gasteiger partial charge in [0.05, 0.1) is 23.2 Å². The van der Waals surface area contributed by atoms with Crippen molar-refractivity contribution in [2.45, 2.75) is 39.2 Å². The Kier molecular flexibility index (Phi) is 6.69. The number of carbonyl (C=O) groups is 4. The maximum Gasteiger partial charge on any atom is 0.262 e. The van der Waals surface area contributed by atoms with Crippen molar-refractivity contribution in [2.75, 3.05) is 5.32 Å². The van der Waals surface area contributed by atoms with Gasteiger partial charge in [-0.3, -0.25) is 33.9 Å². The van der Waals surface area contributed by atoms with Crippen LogP contribution in [0.15, 0.2) is 59.4 Å². The highest BCUT2D eigenvalue weighted by molar-refractivity contribution is 6.08. The van der Waals surface area contributed by atoms with Gasteiger partial charge >= 0.3 is 0 Å². The molecule has 0 saturated carbocycles. The minimum Gasteiger partial charge on any atom is -0.344 e. The number of nitrogens with zero attached hydrogens (tertiary/aromatic N) is 3. The van der Waals surface area contributed by atoms with E-state index in [0.717, 1.165) is 5.56 Å². The van der Waals surface area contributed by atoms with Crippen LogP contribution in [0, 0.1) is 13.8 Å². The molecule has 3 amide bonds. The standard InChI is InChI=1S/C29H27N5O5/c1-16-7-9-18(10-8-16)27(37)22-12-11-19(33(22)3)15-25(36)31-21-6-4-5-20-26(21)30-17(2)34(29(20)39)23-13-14-24(35)32-28(23)38/h4-12,23H,13-15H2,1-3H3,(H,31,36)(H,32,35,38). The molecule has 5 rings (SSSR count). The lowest BCUT2D eigenvalue weighted by atomic mass is 10.1. The van der Waals surface area contributed by atoms with Gasteiger partial charge in [0.25, 0.3) is 5.56 Å². The lowest BCUT2D eigenvalue weighted by molar-refractivity contribution is -0.135. The average molecular weight is 526 g/mol. The summed E-state index contributed by atoms with van der Waals surface area (Å²) in [5, 5.41) is 5.35. The first kappa shape index (κ1) is 25.8. The smallest absolute Gasteiger partial charge is 0.262 e. The Hall–Kier alpha value is -4.86. The van der Waals surface area contributed by atoms with E-state index < -0.39 is 17.5 Å². The van der Waals surface area contributed by atoms with Gasteiger partial charge in [-0.2, -0.15) is 0 Å². The topological polar surface area (TPSA) is 132 Å². The number of benzene rings is 2. The van der Waals surface area contributed by atoms with Crippen LogP contribution in [-0.4, -0.2) is 37.6 Å². The number of hydrogen-bond donors (Lipinski definition) is 2. The molecule has 1 aliphatic heterocycles. The third-order valence-corrected chi connectivity index (χ3v) is 7.02. The molecule has 0 spiro atoms. The molecule has 4 aromatic rings. The first-order valence-corrected chi connectivity index (χ1v) is 12.6. The third-order valence-electron chi connectivity index (χ3n) is 7.02. The van der Waals surface area contributed by atoms with E-state index in [0.29, 0.717) is 34.0 Å². The van der Waals surface area contributed by atoms with E-state index in [1.807, 2.05) is 19.1 Å². The summed E-state index contributed by atoms with van der Waals surface area (Å²) in [7, 11) is 1.74. The molecule has 0 aliphatic carbocycles. The average Bonchev–Trinajstić information content (AvgIpc) is 3.25. The van der Waals surface area contributed by atoms with Gasteiger partial charge in [-0.05, 0) is 44.5 Å². The summed E-state index contributed by atoms with van der Waals surface area (Å²) in [4.78, 5) is 67.8. The van der Waals surface area contributed by atoms with E-state index in [4.69, 9.17) is 0 Å². The first-order valence-electron chi connectivity index (χ1n) is 12.6. The monoisotopic (exact) mass is 525 g/mol. The van der Waals surface area contributed by atoms with Crippen molar-refractivity contribution in [3.05, 3.63) is 93.3 Å². The number of ketones is 1. The van der Waals surface area contributed by atoms with Crippen LogP contribution >= 0.6 is 0 Å². The molecule has 3 heterocycles. The number of anilines is 1. The normalized spacial score (nSPS) is 15.3. The molecule has 0 radical (unpaired) electrons. The molecule has 1 saturated heterocycles. The van der Waals surface area contributed by atoms with Crippen LogP contribution < -0.4 is 16.2 Å². The Bertz CT molecular complexity index is 1710. The number of rotatable bonds is 6. The number of aromatic nitrogens is 3. The third kappa shape index (κ3) is 4.88. The van der Waals surface area contributed by atoms with Crippen molar-refractivity contribution in [2.24, 2.45) is 7.05 Å². The Balaban J connectivity index is 1.38. The molecule has 2 N–H and O–H groups in total. The van der Waals surface area contributed by atoms with Crippen molar-refractivity contribution in [3.8, 4) is 0 Å². The second-order valence-electron chi connectivity index (χ2n) is 9.69. The van der Waals surface area contributed by atoms with E-state index in [1.165, 1.54) is 4.57 Å². The Morgan fingerprint density at radius 3 is 2.49 bits per heavy atom. The van der Waals surface area contributed by atoms with Gasteiger partial charge < -0.3 is 9.88 Å². The molecular formula is C29H27N5O5. The number of carbonyl (C=O) groups excluding carboxylic acids is 4. The zero-order valence-electron chi connectivity index (χ0n) is 21.8. The highest BCUT2D eigenvalue weighted by Crippen LogP contribution is 2.24. The summed E-state index contributed by atoms with van der Waals surface area (Å²) >= 11 is 0. The molecule has 39 heavy (non-hydrogen) atoms. The molecule has 10 nitrogen and oxygen atoms in total. The van der Waals surface area contributed by atoms with Crippen molar-refractivity contribution in [3.63, 3.8) is 0 Å². The minimum absolute atomic E-state index is 0.000384. The highest BCUT2D eigenvalue weighted by Gasteiger charge is 2.30. The zero-order chi connectivity index (χ0) is 27.8. The molecule has 2 aromatic carbocycles. The number of nitrogens with one attached hydrogen (secondary N) is 2. The van der Waals surface area contributed by atoms with Gasteiger partial charge in [-0.25, -0.2) is 4.98 Å². The van der Waals surface area contributed by atoms with E-state index in [1.54, 1.807) is 61.0 Å². The molecule has 1 atom stereocenters. The summed E-state index contributed by atoms with van der Waals surface area (Å²) < 4.78 is 3.00. The highest BCUT2D eigenvalue weighted by atomic mass is 16.2. The Labute approximate surface area is 223 Å². The number of fused-ring (bicyclic) bond motifs is 1. The molecule has 1 unspecified atom stereocenters. The SMILES string of the molecule is Cc1ccc(C(=O)c2ccc(CC(=O)Nc3cccc4c(=O)n(C5CCC(=O)NC5=O)c(C)nc34)n2C)cc1. The van der Waals surface area contributed by atoms with Gasteiger partial charge in [0.15, 0.2) is 0 Å². The van der Waals surface area contributed by atoms with E-state index in [-0.39, 0.29) is 42.2 Å². The van der Waals surface area contributed by atoms with Crippen LogP contribution in [0.3, 0.4) is 0 Å². The summed E-state index contributed by atoms with van der Waals surface area (Å²) in [6, 6.07) is 14.8. The number of amides is 3. The molecule has 2 aromatic heterocycles. The van der Waals surface area contributed by atoms with Crippen molar-refractivity contribution >= 4 is 40.1 Å². The number of piperidine rings is 1. The van der Waals surface area contributed by atoms with Gasteiger partial charge in [0.2, 0.25) is 23.5 Å². The summed E-state index contributed by atoms with van der Waals surface area (Å²) in [5.41, 5.74) is 2.98. The largest absolute Gasteiger partial charge is 0.344 e. The van der Waals surface area contributed by atoms with Crippen LogP contribution in [-0.2, 0) is 27.9 Å². The van der Waals surface area contributed by atoms with Crippen LogP contribution in [0.1, 0.15) is 52.0 Å². The number of hydrogen-bond acceptors (Lipinski definition) is 6. The summed E-state index contributed by atoms with van der Waals surface area (Å²) in [6.45, 7) is 3.56. The summed E-state index contributed by atoms with van der Waals surface area (Å²) in [6.07, 6.45) is 0.342. The second-order valence-corrected chi connectivity index (χ2v) is 9.69.